The number of aromatic amines is 2. The molecule has 9 N–H and O–H groups in total. The highest BCUT2D eigenvalue weighted by molar-refractivity contribution is 5.95. The van der Waals surface area contributed by atoms with Gasteiger partial charge in [0.1, 0.15) is 23.9 Å². The van der Waals surface area contributed by atoms with Crippen molar-refractivity contribution in [1.29, 1.82) is 0 Å². The van der Waals surface area contributed by atoms with Gasteiger partial charge in [-0.25, -0.2) is 9.78 Å². The lowest BCUT2D eigenvalue weighted by molar-refractivity contribution is -0.142. The van der Waals surface area contributed by atoms with Gasteiger partial charge in [-0.05, 0) is 35.2 Å². The average Bonchev–Trinajstić information content (AvgIpc) is 3.66. The van der Waals surface area contributed by atoms with Gasteiger partial charge in [-0.15, -0.1) is 0 Å². The third-order valence-corrected chi connectivity index (χ3v) is 7.36. The van der Waals surface area contributed by atoms with Gasteiger partial charge in [-0.3, -0.25) is 14.4 Å². The quantitative estimate of drug-likeness (QED) is 0.104. The number of aliphatic carboxylic acids is 1. The largest absolute Gasteiger partial charge is 0.508 e. The summed E-state index contributed by atoms with van der Waals surface area (Å²) in [5.41, 5.74) is 8.80. The molecule has 4 rings (SSSR count). The van der Waals surface area contributed by atoms with Gasteiger partial charge in [0, 0.05) is 48.3 Å². The predicted molar refractivity (Wildman–Crippen MR) is 162 cm³/mol. The molecule has 0 radical (unpaired) electrons. The number of carboxylic acid groups (broad SMARTS) is 1. The highest BCUT2D eigenvalue weighted by Gasteiger charge is 2.32. The minimum absolute atomic E-state index is 0.0237. The second-order valence-corrected chi connectivity index (χ2v) is 11.0. The topological polar surface area (TPSA) is 215 Å². The number of aromatic hydroxyl groups is 1. The molecule has 0 aliphatic heterocycles. The van der Waals surface area contributed by atoms with Crippen LogP contribution in [-0.4, -0.2) is 73.0 Å². The van der Waals surface area contributed by atoms with Crippen LogP contribution in [-0.2, 0) is 38.4 Å². The summed E-state index contributed by atoms with van der Waals surface area (Å²) in [5.74, 6) is -3.35. The van der Waals surface area contributed by atoms with Crippen LogP contribution in [0.15, 0.2) is 67.3 Å². The van der Waals surface area contributed by atoms with E-state index in [1.807, 2.05) is 24.3 Å². The molecule has 13 nitrogen and oxygen atoms in total. The molecule has 4 unspecified atom stereocenters. The molecule has 44 heavy (non-hydrogen) atoms. The van der Waals surface area contributed by atoms with Crippen LogP contribution in [0.4, 0.5) is 0 Å². The van der Waals surface area contributed by atoms with Gasteiger partial charge in [0.15, 0.2) is 0 Å². The first-order valence-electron chi connectivity index (χ1n) is 14.2. The molecule has 0 aliphatic carbocycles. The molecule has 0 saturated carbocycles. The lowest BCUT2D eigenvalue weighted by Crippen LogP contribution is -2.58. The lowest BCUT2D eigenvalue weighted by atomic mass is 10.0. The summed E-state index contributed by atoms with van der Waals surface area (Å²) in [6.45, 7) is 3.58. The van der Waals surface area contributed by atoms with E-state index in [0.29, 0.717) is 11.3 Å². The maximum Gasteiger partial charge on any atom is 0.326 e. The maximum atomic E-state index is 13.8. The standard InChI is InChI=1S/C31H37N7O6/c1-17(2)27(32)30(42)37-24(12-19-14-34-23-6-4-3-5-22(19)23)28(40)36-25(13-20-15-33-16-35-20)29(41)38-26(31(43)44)11-18-7-9-21(39)10-8-18/h3-10,14-17,24-27,34,39H,11-13,32H2,1-2H3,(H,33,35)(H,36,40)(H,37,42)(H,38,41)(H,43,44). The molecule has 13 heteroatoms. The van der Waals surface area contributed by atoms with Crippen molar-refractivity contribution in [2.45, 2.75) is 57.3 Å². The number of nitrogens with one attached hydrogen (secondary N) is 5. The summed E-state index contributed by atoms with van der Waals surface area (Å²) < 4.78 is 0. The number of aromatic nitrogens is 3. The Hall–Kier alpha value is -5.17. The van der Waals surface area contributed by atoms with Crippen molar-refractivity contribution >= 4 is 34.6 Å². The fourth-order valence-electron chi connectivity index (χ4n) is 4.74. The zero-order valence-corrected chi connectivity index (χ0v) is 24.4. The zero-order valence-electron chi connectivity index (χ0n) is 24.4. The van der Waals surface area contributed by atoms with Crippen molar-refractivity contribution in [3.8, 4) is 5.75 Å². The summed E-state index contributed by atoms with van der Waals surface area (Å²) in [5, 5.41) is 28.2. The smallest absolute Gasteiger partial charge is 0.326 e. The number of phenolic OH excluding ortho intramolecular Hbond substituents is 1. The number of amides is 3. The Bertz CT molecular complexity index is 1580. The van der Waals surface area contributed by atoms with Gasteiger partial charge in [-0.1, -0.05) is 44.2 Å². The van der Waals surface area contributed by atoms with Gasteiger partial charge in [0.05, 0.1) is 12.4 Å². The maximum absolute atomic E-state index is 13.8. The van der Waals surface area contributed by atoms with E-state index in [-0.39, 0.29) is 30.9 Å². The number of hydrogen-bond donors (Lipinski definition) is 8. The molecule has 2 aromatic carbocycles. The van der Waals surface area contributed by atoms with Gasteiger partial charge >= 0.3 is 5.97 Å². The van der Waals surface area contributed by atoms with E-state index < -0.39 is 47.9 Å². The SMILES string of the molecule is CC(C)C(N)C(=O)NC(Cc1c[nH]c2ccccc12)C(=O)NC(Cc1cnc[nH]1)C(=O)NC(Cc1ccc(O)cc1)C(=O)O. The number of H-pyrrole nitrogens is 2. The van der Waals surface area contributed by atoms with E-state index in [0.717, 1.165) is 16.5 Å². The lowest BCUT2D eigenvalue weighted by Gasteiger charge is -2.25. The third-order valence-electron chi connectivity index (χ3n) is 7.36. The highest BCUT2D eigenvalue weighted by atomic mass is 16.4. The number of rotatable bonds is 14. The van der Waals surface area contributed by atoms with Crippen LogP contribution < -0.4 is 21.7 Å². The van der Waals surface area contributed by atoms with Crippen molar-refractivity contribution in [1.82, 2.24) is 30.9 Å². The molecule has 4 aromatic rings. The average molecular weight is 604 g/mol. The first-order chi connectivity index (χ1) is 21.0. The van der Waals surface area contributed by atoms with E-state index >= 15 is 0 Å². The number of imidazole rings is 1. The third kappa shape index (κ3) is 8.22. The van der Waals surface area contributed by atoms with Crippen LogP contribution >= 0.6 is 0 Å². The summed E-state index contributed by atoms with van der Waals surface area (Å²) in [7, 11) is 0. The van der Waals surface area contributed by atoms with E-state index in [4.69, 9.17) is 5.73 Å². The van der Waals surface area contributed by atoms with E-state index in [1.165, 1.54) is 24.7 Å². The Balaban J connectivity index is 1.57. The number of phenols is 1. The van der Waals surface area contributed by atoms with Gasteiger partial charge in [0.25, 0.3) is 0 Å². The molecular weight excluding hydrogens is 566 g/mol. The molecule has 2 aromatic heterocycles. The fraction of sp³-hybridized carbons (Fsp3) is 0.323. The van der Waals surface area contributed by atoms with E-state index in [9.17, 15) is 29.4 Å². The predicted octanol–water partition coefficient (Wildman–Crippen LogP) is 1.15. The van der Waals surface area contributed by atoms with Crippen LogP contribution in [0.25, 0.3) is 10.9 Å². The summed E-state index contributed by atoms with van der Waals surface area (Å²) >= 11 is 0. The van der Waals surface area contributed by atoms with Crippen LogP contribution in [0.2, 0.25) is 0 Å². The number of carbonyl (C=O) groups is 4. The number of nitrogens with two attached hydrogens (primary N) is 1. The molecule has 0 bridgehead atoms. The molecule has 0 aliphatic rings. The molecule has 4 atom stereocenters. The second-order valence-electron chi connectivity index (χ2n) is 11.0. The molecule has 3 amide bonds. The van der Waals surface area contributed by atoms with Crippen LogP contribution in [0, 0.1) is 5.92 Å². The van der Waals surface area contributed by atoms with Crippen molar-refractivity contribution in [3.05, 3.63) is 84.1 Å². The van der Waals surface area contributed by atoms with Crippen molar-refractivity contribution in [2.24, 2.45) is 11.7 Å². The number of carboxylic acids is 1. The Morgan fingerprint density at radius 2 is 1.48 bits per heavy atom. The minimum atomic E-state index is -1.32. The normalized spacial score (nSPS) is 14.0. The van der Waals surface area contributed by atoms with Crippen LogP contribution in [0.3, 0.4) is 0 Å². The van der Waals surface area contributed by atoms with Gasteiger partial charge in [0.2, 0.25) is 17.7 Å². The van der Waals surface area contributed by atoms with Gasteiger partial charge < -0.3 is 41.9 Å². The molecule has 0 spiro atoms. The van der Waals surface area contributed by atoms with Crippen LogP contribution in [0.5, 0.6) is 5.75 Å². The van der Waals surface area contributed by atoms with E-state index in [2.05, 4.69) is 30.9 Å². The molecule has 232 valence electrons. The zero-order chi connectivity index (χ0) is 31.8. The fourth-order valence-corrected chi connectivity index (χ4v) is 4.74. The first-order valence-corrected chi connectivity index (χ1v) is 14.2. The monoisotopic (exact) mass is 603 g/mol. The molecule has 0 fully saturated rings. The van der Waals surface area contributed by atoms with Crippen molar-refractivity contribution < 1.29 is 29.4 Å². The summed E-state index contributed by atoms with van der Waals surface area (Å²) in [6.07, 6.45) is 4.69. The van der Waals surface area contributed by atoms with Crippen LogP contribution in [0.1, 0.15) is 30.7 Å². The van der Waals surface area contributed by atoms with Crippen molar-refractivity contribution in [2.75, 3.05) is 0 Å². The number of hydrogen-bond acceptors (Lipinski definition) is 7. The number of carbonyl (C=O) groups excluding carboxylic acids is 3. The highest BCUT2D eigenvalue weighted by Crippen LogP contribution is 2.20. The first kappa shape index (κ1) is 31.8. The molecular formula is C31H37N7O6. The number of para-hydroxylation sites is 1. The Morgan fingerprint density at radius 3 is 2.11 bits per heavy atom. The second kappa shape index (κ2) is 14.3. The van der Waals surface area contributed by atoms with Gasteiger partial charge in [-0.2, -0.15) is 0 Å². The molecule has 0 saturated heterocycles. The Kier molecular flexibility index (Phi) is 10.3. The minimum Gasteiger partial charge on any atom is -0.508 e. The van der Waals surface area contributed by atoms with E-state index in [1.54, 1.807) is 32.2 Å². The Morgan fingerprint density at radius 1 is 0.841 bits per heavy atom. The summed E-state index contributed by atoms with van der Waals surface area (Å²) in [4.78, 5) is 62.4. The number of nitrogens with zero attached hydrogens (tertiary/aromatic N) is 1. The number of fused-ring (bicyclic) bond motifs is 1. The molecule has 2 heterocycles. The number of benzene rings is 2. The Labute approximate surface area is 253 Å². The van der Waals surface area contributed by atoms with Crippen molar-refractivity contribution in [3.63, 3.8) is 0 Å². The summed E-state index contributed by atoms with van der Waals surface area (Å²) in [6, 6.07) is 8.98.